The molecule has 1 aromatic rings. The molecule has 2 N–H and O–H groups in total. The van der Waals surface area contributed by atoms with Gasteiger partial charge in [0.2, 0.25) is 5.91 Å². The Balaban J connectivity index is 2.27. The van der Waals surface area contributed by atoms with Crippen molar-refractivity contribution in [2.75, 3.05) is 13.1 Å². The molecule has 1 atom stereocenters. The molecule has 0 aliphatic heterocycles. The van der Waals surface area contributed by atoms with E-state index in [0.717, 1.165) is 25.0 Å². The van der Waals surface area contributed by atoms with Crippen molar-refractivity contribution in [3.63, 3.8) is 0 Å². The summed E-state index contributed by atoms with van der Waals surface area (Å²) in [7, 11) is 0. The molecule has 0 radical (unpaired) electrons. The molecule has 1 unspecified atom stereocenters. The molecule has 2 amide bonds. The van der Waals surface area contributed by atoms with E-state index in [9.17, 15) is 22.8 Å². The number of halogens is 3. The van der Waals surface area contributed by atoms with E-state index in [4.69, 9.17) is 5.73 Å². The quantitative estimate of drug-likeness (QED) is 0.864. The second-order valence-corrected chi connectivity index (χ2v) is 6.54. The van der Waals surface area contributed by atoms with Gasteiger partial charge in [0.15, 0.2) is 0 Å². The van der Waals surface area contributed by atoms with Gasteiger partial charge in [-0.3, -0.25) is 9.59 Å². The van der Waals surface area contributed by atoms with Gasteiger partial charge in [-0.1, -0.05) is 6.92 Å². The van der Waals surface area contributed by atoms with E-state index < -0.39 is 29.5 Å². The predicted molar refractivity (Wildman–Crippen MR) is 83.2 cm³/mol. The van der Waals surface area contributed by atoms with E-state index in [0.29, 0.717) is 18.0 Å². The van der Waals surface area contributed by atoms with Gasteiger partial charge in [-0.2, -0.15) is 13.2 Å². The minimum absolute atomic E-state index is 0.0142. The first-order valence-electron chi connectivity index (χ1n) is 7.85. The summed E-state index contributed by atoms with van der Waals surface area (Å²) in [6, 6.07) is 3.31. The summed E-state index contributed by atoms with van der Waals surface area (Å²) in [5.74, 6) is -1.24. The normalized spacial score (nSPS) is 15.9. The highest BCUT2D eigenvalue weighted by atomic mass is 19.4. The molecule has 7 heteroatoms. The molecule has 1 aliphatic carbocycles. The number of hydrogen-bond donors (Lipinski definition) is 1. The topological polar surface area (TPSA) is 63.4 Å². The lowest BCUT2D eigenvalue weighted by Crippen LogP contribution is -2.40. The van der Waals surface area contributed by atoms with Crippen molar-refractivity contribution >= 4 is 11.8 Å². The van der Waals surface area contributed by atoms with Gasteiger partial charge in [0, 0.05) is 18.7 Å². The van der Waals surface area contributed by atoms with Crippen molar-refractivity contribution in [3.8, 4) is 0 Å². The largest absolute Gasteiger partial charge is 0.416 e. The van der Waals surface area contributed by atoms with Crippen molar-refractivity contribution in [2.45, 2.75) is 32.9 Å². The molecule has 1 saturated carbocycles. The third-order valence-electron chi connectivity index (χ3n) is 4.09. The van der Waals surface area contributed by atoms with Gasteiger partial charge >= 0.3 is 6.18 Å². The van der Waals surface area contributed by atoms with Crippen LogP contribution in [0.25, 0.3) is 0 Å². The van der Waals surface area contributed by atoms with Gasteiger partial charge in [0.1, 0.15) is 0 Å². The van der Waals surface area contributed by atoms with Crippen LogP contribution in [0.1, 0.15) is 41.3 Å². The van der Waals surface area contributed by atoms with Crippen molar-refractivity contribution in [2.24, 2.45) is 17.6 Å². The molecule has 0 saturated heterocycles. The summed E-state index contributed by atoms with van der Waals surface area (Å²) in [6.45, 7) is 3.67. The third-order valence-corrected chi connectivity index (χ3v) is 4.09. The molecule has 1 aromatic carbocycles. The number of nitrogens with two attached hydrogens (primary N) is 1. The molecule has 0 heterocycles. The lowest BCUT2D eigenvalue weighted by molar-refractivity contribution is -0.137. The molecule has 0 bridgehead atoms. The first-order valence-corrected chi connectivity index (χ1v) is 7.85. The zero-order valence-corrected chi connectivity index (χ0v) is 13.7. The van der Waals surface area contributed by atoms with Crippen molar-refractivity contribution in [3.05, 3.63) is 34.9 Å². The Kier molecular flexibility index (Phi) is 5.20. The Labute approximate surface area is 138 Å². The van der Waals surface area contributed by atoms with Crippen LogP contribution in [0.15, 0.2) is 18.2 Å². The number of benzene rings is 1. The van der Waals surface area contributed by atoms with Crippen LogP contribution in [0.2, 0.25) is 0 Å². The molecule has 4 nitrogen and oxygen atoms in total. The maximum Gasteiger partial charge on any atom is 0.416 e. The number of aryl methyl sites for hydroxylation is 1. The van der Waals surface area contributed by atoms with E-state index in [2.05, 4.69) is 0 Å². The number of carbonyl (C=O) groups is 2. The van der Waals surface area contributed by atoms with Gasteiger partial charge < -0.3 is 10.6 Å². The summed E-state index contributed by atoms with van der Waals surface area (Å²) >= 11 is 0. The number of carbonyl (C=O) groups excluding carboxylic acids is 2. The molecule has 0 spiro atoms. The van der Waals surface area contributed by atoms with Gasteiger partial charge in [-0.05, 0) is 49.4 Å². The van der Waals surface area contributed by atoms with Crippen LogP contribution in [-0.4, -0.2) is 29.8 Å². The molecular weight excluding hydrogens is 321 g/mol. The van der Waals surface area contributed by atoms with E-state index in [1.165, 1.54) is 17.9 Å². The fourth-order valence-electron chi connectivity index (χ4n) is 2.53. The van der Waals surface area contributed by atoms with Crippen LogP contribution in [0.4, 0.5) is 13.2 Å². The summed E-state index contributed by atoms with van der Waals surface area (Å²) < 4.78 is 38.9. The standard InChI is InChI=1S/C17H21F3N2O2/c1-10-5-13(7-14(6-10)17(18,19)20)16(24)22(9-12-3-4-12)8-11(2)15(21)23/h5-7,11-12H,3-4,8-9H2,1-2H3,(H2,21,23). The SMILES string of the molecule is Cc1cc(C(=O)N(CC2CC2)CC(C)C(N)=O)cc(C(F)(F)F)c1. The summed E-state index contributed by atoms with van der Waals surface area (Å²) in [5, 5.41) is 0. The van der Waals surface area contributed by atoms with Crippen LogP contribution in [-0.2, 0) is 11.0 Å². The Hall–Kier alpha value is -2.05. The van der Waals surface area contributed by atoms with E-state index >= 15 is 0 Å². The van der Waals surface area contributed by atoms with Gasteiger partial charge in [0.05, 0.1) is 11.5 Å². The van der Waals surface area contributed by atoms with Crippen LogP contribution in [0, 0.1) is 18.8 Å². The highest BCUT2D eigenvalue weighted by Crippen LogP contribution is 2.32. The summed E-state index contributed by atoms with van der Waals surface area (Å²) in [4.78, 5) is 25.4. The maximum absolute atomic E-state index is 13.0. The number of nitrogens with zero attached hydrogens (tertiary/aromatic N) is 1. The molecular formula is C17H21F3N2O2. The second-order valence-electron chi connectivity index (χ2n) is 6.54. The van der Waals surface area contributed by atoms with Gasteiger partial charge in [-0.15, -0.1) is 0 Å². The predicted octanol–water partition coefficient (Wildman–Crippen LogP) is 2.99. The Morgan fingerprint density at radius 1 is 1.29 bits per heavy atom. The second kappa shape index (κ2) is 6.83. The fraction of sp³-hybridized carbons (Fsp3) is 0.529. The lowest BCUT2D eigenvalue weighted by Gasteiger charge is -2.25. The van der Waals surface area contributed by atoms with Gasteiger partial charge in [-0.25, -0.2) is 0 Å². The van der Waals surface area contributed by atoms with Crippen LogP contribution >= 0.6 is 0 Å². The highest BCUT2D eigenvalue weighted by Gasteiger charge is 2.33. The average molecular weight is 342 g/mol. The first kappa shape index (κ1) is 18.3. The monoisotopic (exact) mass is 342 g/mol. The number of hydrogen-bond acceptors (Lipinski definition) is 2. The molecule has 1 fully saturated rings. The number of amides is 2. The Morgan fingerprint density at radius 2 is 1.92 bits per heavy atom. The average Bonchev–Trinajstić information content (AvgIpc) is 3.28. The minimum atomic E-state index is -4.51. The van der Waals surface area contributed by atoms with Crippen molar-refractivity contribution in [1.82, 2.24) is 4.90 Å². The Morgan fingerprint density at radius 3 is 2.42 bits per heavy atom. The first-order chi connectivity index (χ1) is 11.1. The number of alkyl halides is 3. The van der Waals surface area contributed by atoms with Crippen LogP contribution < -0.4 is 5.73 Å². The number of primary amides is 1. The molecule has 0 aromatic heterocycles. The summed E-state index contributed by atoms with van der Waals surface area (Å²) in [6.07, 6.45) is -2.55. The summed E-state index contributed by atoms with van der Waals surface area (Å²) in [5.41, 5.74) is 4.75. The van der Waals surface area contributed by atoms with Gasteiger partial charge in [0.25, 0.3) is 5.91 Å². The maximum atomic E-state index is 13.0. The van der Waals surface area contributed by atoms with E-state index in [-0.39, 0.29) is 12.1 Å². The third kappa shape index (κ3) is 4.72. The molecule has 24 heavy (non-hydrogen) atoms. The minimum Gasteiger partial charge on any atom is -0.369 e. The molecule has 1 aliphatic rings. The van der Waals surface area contributed by atoms with E-state index in [1.807, 2.05) is 0 Å². The molecule has 2 rings (SSSR count). The van der Waals surface area contributed by atoms with Crippen LogP contribution in [0.3, 0.4) is 0 Å². The number of rotatable bonds is 6. The van der Waals surface area contributed by atoms with Crippen LogP contribution in [0.5, 0.6) is 0 Å². The zero-order valence-electron chi connectivity index (χ0n) is 13.7. The van der Waals surface area contributed by atoms with E-state index in [1.54, 1.807) is 6.92 Å². The zero-order chi connectivity index (χ0) is 18.1. The highest BCUT2D eigenvalue weighted by molar-refractivity contribution is 5.95. The van der Waals surface area contributed by atoms with Crippen molar-refractivity contribution in [1.29, 1.82) is 0 Å². The lowest BCUT2D eigenvalue weighted by atomic mass is 10.0. The van der Waals surface area contributed by atoms with Crippen molar-refractivity contribution < 1.29 is 22.8 Å². The Bertz CT molecular complexity index is 639. The smallest absolute Gasteiger partial charge is 0.369 e. The fourth-order valence-corrected chi connectivity index (χ4v) is 2.53. The molecule has 132 valence electrons.